The molecule has 0 saturated heterocycles. The Kier molecular flexibility index (Phi) is 3.90. The summed E-state index contributed by atoms with van der Waals surface area (Å²) in [6.07, 6.45) is 0. The van der Waals surface area contributed by atoms with Gasteiger partial charge in [0.25, 0.3) is 0 Å². The third-order valence-corrected chi connectivity index (χ3v) is 6.41. The number of fused-ring (bicyclic) bond motifs is 2. The van der Waals surface area contributed by atoms with Gasteiger partial charge in [-0.1, -0.05) is 11.6 Å². The molecule has 2 heterocycles. The Labute approximate surface area is 159 Å². The smallest absolute Gasteiger partial charge is 0.323 e. The Hall–Kier alpha value is -2.64. The molecular weight excluding hydrogens is 393 g/mol. The number of aromatic nitrogens is 1. The Morgan fingerprint density at radius 3 is 2.67 bits per heavy atom. The highest BCUT2D eigenvalue weighted by Crippen LogP contribution is 2.43. The standard InChI is InChI=1S/C19H13ClFNO4S/c1-10-19(14-6-11(20)2-4-16(14)22(10)8-18(23)24)15-9-27(25,26)17-5-3-12(21)7-13(15)17/h2-7,9H,8H2,1H3,(H,23,24). The largest absolute Gasteiger partial charge is 0.480 e. The van der Waals surface area contributed by atoms with E-state index in [1.165, 1.54) is 12.1 Å². The minimum atomic E-state index is -3.72. The lowest BCUT2D eigenvalue weighted by Crippen LogP contribution is -2.10. The van der Waals surface area contributed by atoms with E-state index in [0.29, 0.717) is 32.8 Å². The number of aliphatic carboxylic acids is 1. The predicted octanol–water partition coefficient (Wildman–Crippen LogP) is 4.00. The number of hydrogen-bond acceptors (Lipinski definition) is 3. The van der Waals surface area contributed by atoms with Gasteiger partial charge in [-0.3, -0.25) is 4.79 Å². The van der Waals surface area contributed by atoms with Crippen LogP contribution in [0.5, 0.6) is 0 Å². The molecule has 138 valence electrons. The Morgan fingerprint density at radius 2 is 1.96 bits per heavy atom. The normalized spacial score (nSPS) is 15.0. The number of benzene rings is 2. The SMILES string of the molecule is Cc1c(C2=CS(=O)(=O)c3ccc(F)cc32)c2cc(Cl)ccc2n1CC(=O)O. The number of carbonyl (C=O) groups is 1. The average molecular weight is 406 g/mol. The highest BCUT2D eigenvalue weighted by molar-refractivity contribution is 7.95. The second-order valence-electron chi connectivity index (χ2n) is 6.32. The minimum Gasteiger partial charge on any atom is -0.480 e. The van der Waals surface area contributed by atoms with Crippen LogP contribution >= 0.6 is 11.6 Å². The number of rotatable bonds is 3. The van der Waals surface area contributed by atoms with Gasteiger partial charge in [0.1, 0.15) is 12.4 Å². The molecule has 1 aromatic heterocycles. The molecule has 0 aliphatic carbocycles. The van der Waals surface area contributed by atoms with Crippen LogP contribution in [0.3, 0.4) is 0 Å². The van der Waals surface area contributed by atoms with Crippen LogP contribution in [0.25, 0.3) is 16.5 Å². The van der Waals surface area contributed by atoms with Crippen LogP contribution in [0.1, 0.15) is 16.8 Å². The lowest BCUT2D eigenvalue weighted by atomic mass is 9.97. The molecule has 0 spiro atoms. The van der Waals surface area contributed by atoms with Crippen LogP contribution in [-0.4, -0.2) is 24.1 Å². The summed E-state index contributed by atoms with van der Waals surface area (Å²) in [6.45, 7) is 1.41. The number of carboxylic acid groups (broad SMARTS) is 1. The molecule has 4 rings (SSSR count). The van der Waals surface area contributed by atoms with Crippen molar-refractivity contribution < 1.29 is 22.7 Å². The fraction of sp³-hybridized carbons (Fsp3) is 0.105. The molecule has 8 heteroatoms. The first kappa shape index (κ1) is 17.8. The van der Waals surface area contributed by atoms with Crippen molar-refractivity contribution in [2.45, 2.75) is 18.4 Å². The molecule has 3 aromatic rings. The molecule has 0 radical (unpaired) electrons. The molecule has 2 aromatic carbocycles. The molecule has 0 saturated carbocycles. The summed E-state index contributed by atoms with van der Waals surface area (Å²) in [5.74, 6) is -1.59. The number of hydrogen-bond donors (Lipinski definition) is 1. The van der Waals surface area contributed by atoms with Gasteiger partial charge in [0.05, 0.1) is 4.90 Å². The van der Waals surface area contributed by atoms with Crippen molar-refractivity contribution in [3.63, 3.8) is 0 Å². The highest BCUT2D eigenvalue weighted by Gasteiger charge is 2.31. The summed E-state index contributed by atoms with van der Waals surface area (Å²) in [5.41, 5.74) is 2.29. The summed E-state index contributed by atoms with van der Waals surface area (Å²) in [5, 5.41) is 11.4. The van der Waals surface area contributed by atoms with Crippen LogP contribution < -0.4 is 0 Å². The highest BCUT2D eigenvalue weighted by atomic mass is 35.5. The van der Waals surface area contributed by atoms with Gasteiger partial charge >= 0.3 is 5.97 Å². The second-order valence-corrected chi connectivity index (χ2v) is 8.52. The molecule has 0 bridgehead atoms. The van der Waals surface area contributed by atoms with E-state index in [2.05, 4.69) is 0 Å². The monoisotopic (exact) mass is 405 g/mol. The quantitative estimate of drug-likeness (QED) is 0.668. The zero-order chi connectivity index (χ0) is 19.5. The van der Waals surface area contributed by atoms with Crippen molar-refractivity contribution in [3.8, 4) is 0 Å². The number of nitrogens with zero attached hydrogens (tertiary/aromatic N) is 1. The van der Waals surface area contributed by atoms with Gasteiger partial charge in [0, 0.05) is 43.7 Å². The van der Waals surface area contributed by atoms with Gasteiger partial charge in [-0.15, -0.1) is 0 Å². The van der Waals surface area contributed by atoms with Crippen molar-refractivity contribution in [2.24, 2.45) is 0 Å². The third-order valence-electron chi connectivity index (χ3n) is 4.66. The molecule has 0 fully saturated rings. The van der Waals surface area contributed by atoms with Gasteiger partial charge in [0.15, 0.2) is 0 Å². The average Bonchev–Trinajstić information content (AvgIpc) is 2.98. The van der Waals surface area contributed by atoms with E-state index < -0.39 is 21.6 Å². The van der Waals surface area contributed by atoms with Crippen LogP contribution in [0.4, 0.5) is 4.39 Å². The minimum absolute atomic E-state index is 0.0273. The maximum absolute atomic E-state index is 13.8. The fourth-order valence-electron chi connectivity index (χ4n) is 3.57. The molecular formula is C19H13ClFNO4S. The van der Waals surface area contributed by atoms with E-state index in [1.54, 1.807) is 29.7 Å². The summed E-state index contributed by atoms with van der Waals surface area (Å²) in [4.78, 5) is 11.3. The number of sulfone groups is 1. The number of halogens is 2. The van der Waals surface area contributed by atoms with Crippen LogP contribution in [0.15, 0.2) is 46.7 Å². The zero-order valence-electron chi connectivity index (χ0n) is 14.0. The van der Waals surface area contributed by atoms with Gasteiger partial charge in [-0.05, 0) is 43.3 Å². The van der Waals surface area contributed by atoms with Gasteiger partial charge < -0.3 is 9.67 Å². The molecule has 1 N–H and O–H groups in total. The zero-order valence-corrected chi connectivity index (χ0v) is 15.6. The van der Waals surface area contributed by atoms with E-state index in [1.807, 2.05) is 0 Å². The van der Waals surface area contributed by atoms with Crippen molar-refractivity contribution in [1.29, 1.82) is 0 Å². The van der Waals surface area contributed by atoms with E-state index in [0.717, 1.165) is 11.5 Å². The lowest BCUT2D eigenvalue weighted by molar-refractivity contribution is -0.137. The molecule has 1 aliphatic rings. The molecule has 0 atom stereocenters. The van der Waals surface area contributed by atoms with Crippen LogP contribution in [0.2, 0.25) is 5.02 Å². The molecule has 1 aliphatic heterocycles. The Balaban J connectivity index is 2.09. The summed E-state index contributed by atoms with van der Waals surface area (Å²) in [6, 6.07) is 8.50. The van der Waals surface area contributed by atoms with Crippen LogP contribution in [0, 0.1) is 12.7 Å². The van der Waals surface area contributed by atoms with Crippen molar-refractivity contribution in [1.82, 2.24) is 4.57 Å². The third kappa shape index (κ3) is 2.74. The van der Waals surface area contributed by atoms with E-state index in [4.69, 9.17) is 11.6 Å². The molecule has 5 nitrogen and oxygen atoms in total. The number of carboxylic acids is 1. The summed E-state index contributed by atoms with van der Waals surface area (Å²) in [7, 11) is -3.72. The first-order valence-corrected chi connectivity index (χ1v) is 9.88. The van der Waals surface area contributed by atoms with Crippen LogP contribution in [-0.2, 0) is 21.2 Å². The van der Waals surface area contributed by atoms with E-state index >= 15 is 0 Å². The van der Waals surface area contributed by atoms with E-state index in [-0.39, 0.29) is 17.0 Å². The van der Waals surface area contributed by atoms with Crippen molar-refractivity contribution >= 4 is 43.9 Å². The van der Waals surface area contributed by atoms with Crippen molar-refractivity contribution in [3.05, 3.63) is 69.5 Å². The Bertz CT molecular complexity index is 1270. The van der Waals surface area contributed by atoms with Gasteiger partial charge in [-0.25, -0.2) is 12.8 Å². The fourth-order valence-corrected chi connectivity index (χ4v) is 5.16. The van der Waals surface area contributed by atoms with Crippen molar-refractivity contribution in [2.75, 3.05) is 0 Å². The van der Waals surface area contributed by atoms with E-state index in [9.17, 15) is 22.7 Å². The molecule has 0 unspecified atom stereocenters. The maximum Gasteiger partial charge on any atom is 0.323 e. The molecule has 0 amide bonds. The summed E-state index contributed by atoms with van der Waals surface area (Å²) >= 11 is 6.12. The topological polar surface area (TPSA) is 76.4 Å². The summed E-state index contributed by atoms with van der Waals surface area (Å²) < 4.78 is 40.5. The Morgan fingerprint density at radius 1 is 1.22 bits per heavy atom. The second kappa shape index (κ2) is 5.94. The maximum atomic E-state index is 13.8. The van der Waals surface area contributed by atoms with Gasteiger partial charge in [0.2, 0.25) is 9.84 Å². The first-order valence-electron chi connectivity index (χ1n) is 7.96. The predicted molar refractivity (Wildman–Crippen MR) is 100.0 cm³/mol. The van der Waals surface area contributed by atoms with Gasteiger partial charge in [-0.2, -0.15) is 0 Å². The first-order chi connectivity index (χ1) is 12.7. The lowest BCUT2D eigenvalue weighted by Gasteiger charge is -2.07. The molecule has 27 heavy (non-hydrogen) atoms.